The third-order valence-electron chi connectivity index (χ3n) is 11.2. The predicted molar refractivity (Wildman–Crippen MR) is 244 cm³/mol. The second-order valence-corrected chi connectivity index (χ2v) is 16.0. The molecule has 9 aromatic rings. The van der Waals surface area contributed by atoms with Crippen LogP contribution in [0.25, 0.3) is 64.4 Å². The van der Waals surface area contributed by atoms with Crippen LogP contribution in [0, 0.1) is 0 Å². The summed E-state index contributed by atoms with van der Waals surface area (Å²) in [5.74, 6) is 0. The molecule has 0 spiro atoms. The largest absolute Gasteiger partial charge is 0.309 e. The van der Waals surface area contributed by atoms with Gasteiger partial charge in [-0.3, -0.25) is 4.99 Å². The zero-order valence-corrected chi connectivity index (χ0v) is 33.5. The maximum absolute atomic E-state index is 7.59. The van der Waals surface area contributed by atoms with Crippen molar-refractivity contribution in [2.45, 2.75) is 46.1 Å². The molecule has 9 rings (SSSR count). The minimum Gasteiger partial charge on any atom is -0.309 e. The van der Waals surface area contributed by atoms with Gasteiger partial charge in [0.2, 0.25) is 0 Å². The maximum atomic E-state index is 7.59. The quantitative estimate of drug-likeness (QED) is 0.123. The lowest BCUT2D eigenvalue weighted by Crippen LogP contribution is -2.11. The Morgan fingerprint density at radius 1 is 0.643 bits per heavy atom. The van der Waals surface area contributed by atoms with Gasteiger partial charge in [0.05, 0.1) is 32.5 Å². The van der Waals surface area contributed by atoms with E-state index in [1.165, 1.54) is 70.7 Å². The lowest BCUT2D eigenvalue weighted by Gasteiger charge is -2.21. The summed E-state index contributed by atoms with van der Waals surface area (Å²) < 4.78 is 4.75. The first kappa shape index (κ1) is 35.9. The van der Waals surface area contributed by atoms with Crippen molar-refractivity contribution < 1.29 is 0 Å². The van der Waals surface area contributed by atoms with Crippen molar-refractivity contribution in [2.75, 3.05) is 0 Å². The van der Waals surface area contributed by atoms with Crippen molar-refractivity contribution in [1.29, 1.82) is 0 Å². The van der Waals surface area contributed by atoms with E-state index in [2.05, 4.69) is 189 Å². The van der Waals surface area contributed by atoms with E-state index in [1.807, 2.05) is 0 Å². The van der Waals surface area contributed by atoms with Crippen LogP contribution in [0.5, 0.6) is 0 Å². The van der Waals surface area contributed by atoms with E-state index in [1.54, 1.807) is 11.3 Å². The van der Waals surface area contributed by atoms with Crippen molar-refractivity contribution in [1.82, 2.24) is 4.57 Å². The van der Waals surface area contributed by atoms with Gasteiger partial charge in [-0.15, -0.1) is 11.3 Å². The van der Waals surface area contributed by atoms with E-state index >= 15 is 0 Å². The Morgan fingerprint density at radius 3 is 2.11 bits per heavy atom. The molecule has 0 aliphatic heterocycles. The van der Waals surface area contributed by atoms with Gasteiger partial charge in [0.15, 0.2) is 0 Å². The number of aliphatic imine (C=N–C) groups is 1. The summed E-state index contributed by atoms with van der Waals surface area (Å²) in [6.45, 7) is 6.76. The number of benzene rings is 7. The zero-order chi connectivity index (χ0) is 38.2. The van der Waals surface area contributed by atoms with Gasteiger partial charge in [-0.2, -0.15) is 0 Å². The van der Waals surface area contributed by atoms with E-state index in [4.69, 9.17) is 16.6 Å². The fraction of sp³-hybridized carbons (Fsp3) is 0.135. The van der Waals surface area contributed by atoms with Crippen LogP contribution in [-0.4, -0.2) is 10.3 Å². The normalized spacial score (nSPS) is 13.2. The standard InChI is InChI=1S/C52H43ClN2S/c1-4-17-46(38-28-29-42-41-24-12-14-26-47(41)55(48(42)33-38)39-22-10-7-11-23-39)54-51(45-31-30-44-43-25-13-15-27-49(43)56-52(44)50(45)53)40(5-2)34(3)36-20-16-21-37(32-36)35-18-8-6-9-19-35/h6-16,18-33,46H,4-5,17H2,1-3H3/b40-34+,54-51+. The molecule has 0 radical (unpaired) electrons. The highest BCUT2D eigenvalue weighted by Gasteiger charge is 2.23. The SMILES string of the molecule is CCCC(/N=C(\C(CC)=C(/C)c1cccc(-c2ccccc2)c1)c1ccc2c(sc3ccccc32)c1Cl)c1ccc2c3ccccc3n(-c3ccccc3)c2c1. The summed E-state index contributed by atoms with van der Waals surface area (Å²) >= 11 is 9.35. The van der Waals surface area contributed by atoms with Gasteiger partial charge < -0.3 is 4.57 Å². The first-order valence-corrected chi connectivity index (χ1v) is 20.9. The van der Waals surface area contributed by atoms with Crippen molar-refractivity contribution >= 4 is 76.2 Å². The van der Waals surface area contributed by atoms with Crippen LogP contribution in [0.4, 0.5) is 0 Å². The lowest BCUT2D eigenvalue weighted by molar-refractivity contribution is 0.641. The van der Waals surface area contributed by atoms with Crippen molar-refractivity contribution in [3.05, 3.63) is 191 Å². The van der Waals surface area contributed by atoms with Gasteiger partial charge in [0.1, 0.15) is 0 Å². The fourth-order valence-electron chi connectivity index (χ4n) is 8.38. The van der Waals surface area contributed by atoms with Crippen LogP contribution < -0.4 is 0 Å². The number of allylic oxidation sites excluding steroid dienone is 2. The molecule has 0 aliphatic rings. The van der Waals surface area contributed by atoms with Gasteiger partial charge in [0.25, 0.3) is 0 Å². The van der Waals surface area contributed by atoms with Crippen molar-refractivity contribution in [2.24, 2.45) is 4.99 Å². The molecule has 2 heterocycles. The molecule has 0 N–H and O–H groups in total. The molecule has 0 fully saturated rings. The minimum atomic E-state index is -0.0826. The Morgan fingerprint density at radius 2 is 1.32 bits per heavy atom. The van der Waals surface area contributed by atoms with E-state index in [9.17, 15) is 0 Å². The molecule has 56 heavy (non-hydrogen) atoms. The Hall–Kier alpha value is -5.74. The smallest absolute Gasteiger partial charge is 0.0757 e. The number of nitrogens with zero attached hydrogens (tertiary/aromatic N) is 2. The average Bonchev–Trinajstić information content (AvgIpc) is 3.80. The second-order valence-electron chi connectivity index (χ2n) is 14.6. The van der Waals surface area contributed by atoms with E-state index < -0.39 is 0 Å². The number of aromatic nitrogens is 1. The Bertz CT molecular complexity index is 2930. The maximum Gasteiger partial charge on any atom is 0.0757 e. The molecule has 0 saturated heterocycles. The van der Waals surface area contributed by atoms with E-state index in [-0.39, 0.29) is 6.04 Å². The molecular weight excluding hydrogens is 720 g/mol. The molecule has 0 saturated carbocycles. The molecule has 274 valence electrons. The summed E-state index contributed by atoms with van der Waals surface area (Å²) in [5.41, 5.74) is 12.7. The summed E-state index contributed by atoms with van der Waals surface area (Å²) in [6.07, 6.45) is 2.71. The molecule has 0 amide bonds. The van der Waals surface area contributed by atoms with Gasteiger partial charge in [-0.25, -0.2) is 0 Å². The van der Waals surface area contributed by atoms with Crippen LogP contribution in [-0.2, 0) is 0 Å². The van der Waals surface area contributed by atoms with Crippen molar-refractivity contribution in [3.8, 4) is 16.8 Å². The third kappa shape index (κ3) is 6.45. The minimum absolute atomic E-state index is 0.0826. The number of para-hydroxylation sites is 2. The first-order chi connectivity index (χ1) is 27.5. The molecule has 0 bridgehead atoms. The first-order valence-electron chi connectivity index (χ1n) is 19.7. The highest BCUT2D eigenvalue weighted by atomic mass is 35.5. The Kier molecular flexibility index (Phi) is 9.89. The highest BCUT2D eigenvalue weighted by molar-refractivity contribution is 7.26. The second kappa shape index (κ2) is 15.4. The van der Waals surface area contributed by atoms with Gasteiger partial charge in [-0.1, -0.05) is 159 Å². The summed E-state index contributed by atoms with van der Waals surface area (Å²) in [5, 5.41) is 5.70. The summed E-state index contributed by atoms with van der Waals surface area (Å²) in [4.78, 5) is 5.86. The number of halogens is 1. The molecular formula is C52H43ClN2S. The van der Waals surface area contributed by atoms with Gasteiger partial charge in [-0.05, 0) is 89.6 Å². The molecule has 4 heteroatoms. The highest BCUT2D eigenvalue weighted by Crippen LogP contribution is 2.42. The van der Waals surface area contributed by atoms with Gasteiger partial charge in [0, 0.05) is 37.5 Å². The topological polar surface area (TPSA) is 17.3 Å². The summed E-state index contributed by atoms with van der Waals surface area (Å²) in [6, 6.07) is 58.9. The number of hydrogen-bond donors (Lipinski definition) is 0. The number of rotatable bonds is 10. The van der Waals surface area contributed by atoms with Crippen LogP contribution in [0.1, 0.15) is 62.8 Å². The molecule has 7 aromatic carbocycles. The third-order valence-corrected chi connectivity index (χ3v) is 12.9. The lowest BCUT2D eigenvalue weighted by atomic mass is 9.90. The van der Waals surface area contributed by atoms with Crippen LogP contribution in [0.3, 0.4) is 0 Å². The fourth-order valence-corrected chi connectivity index (χ4v) is 9.89. The monoisotopic (exact) mass is 762 g/mol. The number of fused-ring (bicyclic) bond motifs is 6. The Balaban J connectivity index is 1.27. The van der Waals surface area contributed by atoms with Crippen molar-refractivity contribution in [3.63, 3.8) is 0 Å². The van der Waals surface area contributed by atoms with E-state index in [0.29, 0.717) is 0 Å². The Labute approximate surface area is 338 Å². The summed E-state index contributed by atoms with van der Waals surface area (Å²) in [7, 11) is 0. The molecule has 1 unspecified atom stereocenters. The molecule has 1 atom stereocenters. The van der Waals surface area contributed by atoms with Crippen LogP contribution in [0.15, 0.2) is 174 Å². The van der Waals surface area contributed by atoms with Gasteiger partial charge >= 0.3 is 0 Å². The molecule has 0 aliphatic carbocycles. The van der Waals surface area contributed by atoms with Crippen LogP contribution >= 0.6 is 22.9 Å². The molecule has 2 aromatic heterocycles. The predicted octanol–water partition coefficient (Wildman–Crippen LogP) is 15.7. The number of hydrogen-bond acceptors (Lipinski definition) is 2. The zero-order valence-electron chi connectivity index (χ0n) is 32.0. The van der Waals surface area contributed by atoms with E-state index in [0.717, 1.165) is 45.9 Å². The average molecular weight is 763 g/mol. The van der Waals surface area contributed by atoms with Crippen LogP contribution in [0.2, 0.25) is 5.02 Å². The molecule has 2 nitrogen and oxygen atoms in total. The number of thiophene rings is 1.